The monoisotopic (exact) mass is 736 g/mol. The number of benzene rings is 3. The molecule has 0 radical (unpaired) electrons. The second-order valence-corrected chi connectivity index (χ2v) is 16.5. The normalized spacial score (nSPS) is 20.7. The Morgan fingerprint density at radius 2 is 0.587 bits per heavy atom. The molecule has 0 bridgehead atoms. The molecule has 3 aliphatic rings. The minimum absolute atomic E-state index is 0. The predicted octanol–water partition coefficient (Wildman–Crippen LogP) is 10.1. The van der Waals surface area contributed by atoms with Gasteiger partial charge in [-0.15, -0.1) is 0 Å². The zero-order valence-electron chi connectivity index (χ0n) is 27.2. The molecule has 3 fully saturated rings. The van der Waals surface area contributed by atoms with Crippen molar-refractivity contribution in [3.63, 3.8) is 0 Å². The standard InChI is InChI=1S/3C11H15O3P.Ni/c3*1-11(2)8-12-15(13-9-11)14-10-6-4-3-5-7-10;/h3*3-7H,8-9H2,1-2H3;. The molecule has 46 heavy (non-hydrogen) atoms. The van der Waals surface area contributed by atoms with Crippen molar-refractivity contribution in [3.05, 3.63) is 91.0 Å². The van der Waals surface area contributed by atoms with E-state index in [-0.39, 0.29) is 32.7 Å². The third-order valence-electron chi connectivity index (χ3n) is 6.13. The van der Waals surface area contributed by atoms with Crippen LogP contribution in [0.1, 0.15) is 41.5 Å². The van der Waals surface area contributed by atoms with Crippen LogP contribution in [0.15, 0.2) is 91.0 Å². The molecule has 3 heterocycles. The van der Waals surface area contributed by atoms with Crippen LogP contribution in [0.4, 0.5) is 0 Å². The molecule has 3 aliphatic heterocycles. The Bertz CT molecular complexity index is 1070. The molecule has 3 saturated heterocycles. The summed E-state index contributed by atoms with van der Waals surface area (Å²) in [5, 5.41) is 0. The average molecular weight is 737 g/mol. The van der Waals surface area contributed by atoms with E-state index in [2.05, 4.69) is 41.5 Å². The van der Waals surface area contributed by atoms with Gasteiger partial charge in [0.15, 0.2) is 0 Å². The van der Waals surface area contributed by atoms with Crippen LogP contribution in [0.3, 0.4) is 0 Å². The number of rotatable bonds is 6. The van der Waals surface area contributed by atoms with Crippen LogP contribution in [-0.4, -0.2) is 39.6 Å². The van der Waals surface area contributed by atoms with Crippen LogP contribution in [0.5, 0.6) is 17.2 Å². The molecule has 3 aromatic carbocycles. The van der Waals surface area contributed by atoms with Crippen LogP contribution < -0.4 is 13.6 Å². The van der Waals surface area contributed by atoms with Gasteiger partial charge in [0.1, 0.15) is 17.2 Å². The molecule has 256 valence electrons. The first-order valence-corrected chi connectivity index (χ1v) is 18.1. The maximum absolute atomic E-state index is 5.57. The largest absolute Gasteiger partial charge is 0.427 e. The SMILES string of the molecule is CC1(C)COP(Oc2ccccc2)OC1.CC1(C)COP(Oc2ccccc2)OC1.CC1(C)COP(Oc2ccccc2)OC1.[Ni]. The maximum Gasteiger partial charge on any atom is 0.397 e. The molecule has 0 saturated carbocycles. The van der Waals surface area contributed by atoms with Crippen molar-refractivity contribution in [3.8, 4) is 17.2 Å². The molecule has 6 rings (SSSR count). The molecule has 3 aromatic rings. The van der Waals surface area contributed by atoms with Crippen LogP contribution in [0.2, 0.25) is 0 Å². The zero-order valence-corrected chi connectivity index (χ0v) is 30.9. The van der Waals surface area contributed by atoms with E-state index in [1.807, 2.05) is 91.0 Å². The fourth-order valence-corrected chi connectivity index (χ4v) is 7.61. The van der Waals surface area contributed by atoms with E-state index < -0.39 is 25.8 Å². The second kappa shape index (κ2) is 19.0. The summed E-state index contributed by atoms with van der Waals surface area (Å²) in [6, 6.07) is 28.8. The Hall–Kier alpha value is -1.40. The summed E-state index contributed by atoms with van der Waals surface area (Å²) in [6.45, 7) is 16.8. The van der Waals surface area contributed by atoms with Crippen molar-refractivity contribution in [2.24, 2.45) is 16.2 Å². The maximum atomic E-state index is 5.57. The van der Waals surface area contributed by atoms with E-state index in [9.17, 15) is 0 Å². The molecule has 9 nitrogen and oxygen atoms in total. The molecule has 0 unspecified atom stereocenters. The van der Waals surface area contributed by atoms with Gasteiger partial charge in [0.2, 0.25) is 0 Å². The van der Waals surface area contributed by atoms with Crippen LogP contribution in [0, 0.1) is 16.2 Å². The van der Waals surface area contributed by atoms with Crippen LogP contribution >= 0.6 is 25.8 Å². The van der Waals surface area contributed by atoms with Gasteiger partial charge < -0.3 is 40.7 Å². The van der Waals surface area contributed by atoms with Crippen molar-refractivity contribution in [1.29, 1.82) is 0 Å². The van der Waals surface area contributed by atoms with Gasteiger partial charge in [-0.2, -0.15) is 0 Å². The Kier molecular flexibility index (Phi) is 16.1. The topological polar surface area (TPSA) is 83.1 Å². The molecule has 13 heteroatoms. The minimum Gasteiger partial charge on any atom is -0.427 e. The number of hydrogen-bond acceptors (Lipinski definition) is 9. The Balaban J connectivity index is 0.000000186. The number of para-hydroxylation sites is 3. The quantitative estimate of drug-likeness (QED) is 0.181. The molecule has 0 amide bonds. The average Bonchev–Trinajstić information content (AvgIpc) is 3.03. The van der Waals surface area contributed by atoms with Crippen LogP contribution in [0.25, 0.3) is 0 Å². The third-order valence-corrected chi connectivity index (χ3v) is 9.25. The first kappa shape index (κ1) is 39.0. The van der Waals surface area contributed by atoms with Gasteiger partial charge in [-0.25, -0.2) is 0 Å². The van der Waals surface area contributed by atoms with E-state index >= 15 is 0 Å². The molecule has 0 N–H and O–H groups in total. The van der Waals surface area contributed by atoms with E-state index in [0.29, 0.717) is 39.6 Å². The summed E-state index contributed by atoms with van der Waals surface area (Å²) in [5.74, 6) is 2.38. The predicted molar refractivity (Wildman–Crippen MR) is 179 cm³/mol. The van der Waals surface area contributed by atoms with E-state index in [0.717, 1.165) is 17.2 Å². The summed E-state index contributed by atoms with van der Waals surface area (Å²) in [4.78, 5) is 0. The summed E-state index contributed by atoms with van der Waals surface area (Å²) >= 11 is 0. The molecule has 0 aromatic heterocycles. The van der Waals surface area contributed by atoms with Gasteiger partial charge in [0.05, 0.1) is 39.6 Å². The fourth-order valence-electron chi connectivity index (χ4n) is 3.46. The van der Waals surface area contributed by atoms with Gasteiger partial charge in [-0.05, 0) is 36.4 Å². The van der Waals surface area contributed by atoms with Gasteiger partial charge in [0.25, 0.3) is 0 Å². The molecule has 0 spiro atoms. The number of hydrogen-bond donors (Lipinski definition) is 0. The van der Waals surface area contributed by atoms with Crippen molar-refractivity contribution < 1.29 is 57.2 Å². The van der Waals surface area contributed by atoms with Crippen molar-refractivity contribution in [2.75, 3.05) is 39.6 Å². The van der Waals surface area contributed by atoms with E-state index in [1.54, 1.807) is 0 Å². The van der Waals surface area contributed by atoms with E-state index in [1.165, 1.54) is 0 Å². The van der Waals surface area contributed by atoms with Crippen LogP contribution in [-0.2, 0) is 43.6 Å². The Morgan fingerprint density at radius 1 is 0.391 bits per heavy atom. The van der Waals surface area contributed by atoms with Gasteiger partial charge >= 0.3 is 25.8 Å². The first-order chi connectivity index (χ1) is 21.5. The second-order valence-electron chi connectivity index (χ2n) is 13.0. The van der Waals surface area contributed by atoms with Gasteiger partial charge in [-0.3, -0.25) is 0 Å². The minimum atomic E-state index is -1.21. The summed E-state index contributed by atoms with van der Waals surface area (Å²) in [6.07, 6.45) is 0. The van der Waals surface area contributed by atoms with Crippen molar-refractivity contribution >= 4 is 25.8 Å². The summed E-state index contributed by atoms with van der Waals surface area (Å²) in [7, 11) is -3.62. The molecule has 0 atom stereocenters. The van der Waals surface area contributed by atoms with Gasteiger partial charge in [-0.1, -0.05) is 96.1 Å². The molecular formula is C33H45NiO9P3. The van der Waals surface area contributed by atoms with Crippen molar-refractivity contribution in [1.82, 2.24) is 0 Å². The van der Waals surface area contributed by atoms with Crippen molar-refractivity contribution in [2.45, 2.75) is 41.5 Å². The smallest absolute Gasteiger partial charge is 0.397 e. The molecular weight excluding hydrogens is 692 g/mol. The Labute approximate surface area is 287 Å². The summed E-state index contributed by atoms with van der Waals surface area (Å²) < 4.78 is 49.8. The summed E-state index contributed by atoms with van der Waals surface area (Å²) in [5.41, 5.74) is 0.288. The Morgan fingerprint density at radius 3 is 0.783 bits per heavy atom. The third kappa shape index (κ3) is 14.8. The zero-order chi connectivity index (χ0) is 32.2. The van der Waals surface area contributed by atoms with Gasteiger partial charge in [0, 0.05) is 32.7 Å². The first-order valence-electron chi connectivity index (χ1n) is 14.8. The van der Waals surface area contributed by atoms with E-state index in [4.69, 9.17) is 40.7 Å². The molecule has 0 aliphatic carbocycles. The fraction of sp³-hybridized carbons (Fsp3) is 0.455.